The van der Waals surface area contributed by atoms with Crippen molar-refractivity contribution in [1.82, 2.24) is 15.1 Å². The molecule has 4 nitrogen and oxygen atoms in total. The lowest BCUT2D eigenvalue weighted by Crippen LogP contribution is -2.49. The van der Waals surface area contributed by atoms with Crippen LogP contribution in [-0.4, -0.2) is 56.0 Å². The van der Waals surface area contributed by atoms with Gasteiger partial charge in [0.1, 0.15) is 0 Å². The molecule has 0 aromatic heterocycles. The molecule has 0 fully saturated rings. The topological polar surface area (TPSA) is 30.9 Å². The number of hydrogen-bond acceptors (Lipinski definition) is 2. The summed E-state index contributed by atoms with van der Waals surface area (Å²) < 4.78 is 0. The highest BCUT2D eigenvalue weighted by molar-refractivity contribution is 5.79. The van der Waals surface area contributed by atoms with Gasteiger partial charge in [0.25, 0.3) is 0 Å². The van der Waals surface area contributed by atoms with Gasteiger partial charge in [0, 0.05) is 39.8 Å². The Bertz CT molecular complexity index is 465. The van der Waals surface area contributed by atoms with Gasteiger partial charge in [-0.05, 0) is 25.3 Å². The van der Waals surface area contributed by atoms with Crippen LogP contribution in [0.4, 0.5) is 0 Å². The molecule has 0 saturated carbocycles. The van der Waals surface area contributed by atoms with Gasteiger partial charge in [-0.3, -0.25) is 4.99 Å². The van der Waals surface area contributed by atoms with Gasteiger partial charge in [0.15, 0.2) is 5.96 Å². The molecule has 4 heteroatoms. The zero-order chi connectivity index (χ0) is 17.5. The van der Waals surface area contributed by atoms with Gasteiger partial charge in [0.2, 0.25) is 0 Å². The molecule has 0 aliphatic rings. The normalized spacial score (nSPS) is 12.7. The van der Waals surface area contributed by atoms with Crippen molar-refractivity contribution in [2.24, 2.45) is 4.99 Å². The van der Waals surface area contributed by atoms with E-state index in [0.29, 0.717) is 6.04 Å². The van der Waals surface area contributed by atoms with Gasteiger partial charge in [0.05, 0.1) is 6.54 Å². The third kappa shape index (κ3) is 5.54. The molecule has 130 valence electrons. The van der Waals surface area contributed by atoms with Crippen LogP contribution in [0, 0.1) is 0 Å². The van der Waals surface area contributed by atoms with E-state index in [9.17, 15) is 0 Å². The maximum atomic E-state index is 4.89. The first-order valence-electron chi connectivity index (χ1n) is 8.57. The summed E-state index contributed by atoms with van der Waals surface area (Å²) in [7, 11) is 8.16. The molecule has 0 saturated heterocycles. The Hall–Kier alpha value is -1.55. The summed E-state index contributed by atoms with van der Waals surface area (Å²) in [5.41, 5.74) is 1.34. The summed E-state index contributed by atoms with van der Waals surface area (Å²) in [5.74, 6) is 1.01. The number of benzene rings is 1. The number of guanidine groups is 1. The Labute approximate surface area is 142 Å². The number of rotatable bonds is 7. The quantitative estimate of drug-likeness (QED) is 0.618. The van der Waals surface area contributed by atoms with Crippen LogP contribution < -0.4 is 5.32 Å². The van der Waals surface area contributed by atoms with E-state index in [1.807, 2.05) is 28.2 Å². The van der Waals surface area contributed by atoms with Gasteiger partial charge in [-0.2, -0.15) is 0 Å². The lowest BCUT2D eigenvalue weighted by Gasteiger charge is -2.36. The molecule has 1 aromatic rings. The Morgan fingerprint density at radius 3 is 2.00 bits per heavy atom. The molecule has 1 aromatic carbocycles. The number of nitrogens with one attached hydrogen (secondary N) is 1. The van der Waals surface area contributed by atoms with Crippen LogP contribution in [0.3, 0.4) is 0 Å². The summed E-state index contributed by atoms with van der Waals surface area (Å²) in [5, 5.41) is 3.84. The fourth-order valence-corrected chi connectivity index (χ4v) is 2.91. The highest BCUT2D eigenvalue weighted by Gasteiger charge is 2.28. The highest BCUT2D eigenvalue weighted by Crippen LogP contribution is 2.22. The summed E-state index contributed by atoms with van der Waals surface area (Å²) in [6.45, 7) is 7.50. The molecule has 1 atom stereocenters. The molecule has 0 aliphatic heterocycles. The zero-order valence-electron chi connectivity index (χ0n) is 15.9. The van der Waals surface area contributed by atoms with Gasteiger partial charge in [-0.25, -0.2) is 0 Å². The monoisotopic (exact) mass is 318 g/mol. The van der Waals surface area contributed by atoms with Crippen molar-refractivity contribution in [1.29, 1.82) is 0 Å². The van der Waals surface area contributed by atoms with Crippen molar-refractivity contribution >= 4 is 5.96 Å². The zero-order valence-corrected chi connectivity index (χ0v) is 15.9. The summed E-state index contributed by atoms with van der Waals surface area (Å²) >= 11 is 0. The number of nitrogens with zero attached hydrogens (tertiary/aromatic N) is 3. The van der Waals surface area contributed by atoms with E-state index in [-0.39, 0.29) is 5.54 Å². The van der Waals surface area contributed by atoms with Crippen LogP contribution in [0.1, 0.15) is 45.2 Å². The second-order valence-electron chi connectivity index (χ2n) is 6.67. The van der Waals surface area contributed by atoms with Crippen molar-refractivity contribution in [2.75, 3.05) is 34.7 Å². The summed E-state index contributed by atoms with van der Waals surface area (Å²) in [4.78, 5) is 9.02. The van der Waals surface area contributed by atoms with Crippen molar-refractivity contribution in [3.8, 4) is 0 Å². The maximum absolute atomic E-state index is 4.89. The van der Waals surface area contributed by atoms with Crippen molar-refractivity contribution < 1.29 is 0 Å². The lowest BCUT2D eigenvalue weighted by atomic mass is 9.90. The van der Waals surface area contributed by atoms with E-state index in [1.165, 1.54) is 5.56 Å². The predicted octanol–water partition coefficient (Wildman–Crippen LogP) is 3.38. The average Bonchev–Trinajstić information content (AvgIpc) is 2.54. The van der Waals surface area contributed by atoms with Crippen molar-refractivity contribution in [2.45, 2.75) is 45.2 Å². The molecule has 0 bridgehead atoms. The van der Waals surface area contributed by atoms with E-state index in [0.717, 1.165) is 25.3 Å². The smallest absolute Gasteiger partial charge is 0.195 e. The summed E-state index contributed by atoms with van der Waals surface area (Å²) in [6.07, 6.45) is 2.11. The molecule has 23 heavy (non-hydrogen) atoms. The average molecular weight is 319 g/mol. The van der Waals surface area contributed by atoms with Crippen LogP contribution in [0.25, 0.3) is 0 Å². The van der Waals surface area contributed by atoms with Gasteiger partial charge < -0.3 is 15.1 Å². The molecule has 0 heterocycles. The number of aliphatic imine (C=N–C) groups is 1. The Morgan fingerprint density at radius 1 is 1.04 bits per heavy atom. The lowest BCUT2D eigenvalue weighted by molar-refractivity contribution is 0.279. The Kier molecular flexibility index (Phi) is 7.56. The van der Waals surface area contributed by atoms with Crippen molar-refractivity contribution in [3.63, 3.8) is 0 Å². The first-order valence-corrected chi connectivity index (χ1v) is 8.57. The fraction of sp³-hybridized carbons (Fsp3) is 0.632. The SMILES string of the molecule is CCC(CC)(CN=C(N(C)C)N(C)C)NC(C)c1ccccc1. The van der Waals surface area contributed by atoms with Gasteiger partial charge >= 0.3 is 0 Å². The van der Waals surface area contributed by atoms with E-state index in [4.69, 9.17) is 4.99 Å². The molecule has 0 aliphatic carbocycles. The maximum Gasteiger partial charge on any atom is 0.195 e. The van der Waals surface area contributed by atoms with Crippen LogP contribution >= 0.6 is 0 Å². The standard InChI is InChI=1S/C19H34N4/c1-8-19(9-2,15-20-18(22(4)5)23(6)7)21-16(3)17-13-11-10-12-14-17/h10-14,16,21H,8-9,15H2,1-7H3. The largest absolute Gasteiger partial charge is 0.349 e. The first kappa shape index (κ1) is 19.5. The third-order valence-electron chi connectivity index (χ3n) is 4.50. The molecule has 0 amide bonds. The van der Waals surface area contributed by atoms with E-state index in [1.54, 1.807) is 0 Å². The molecule has 0 spiro atoms. The minimum absolute atomic E-state index is 0.0204. The molecule has 0 radical (unpaired) electrons. The fourth-order valence-electron chi connectivity index (χ4n) is 2.91. The predicted molar refractivity (Wildman–Crippen MR) is 101 cm³/mol. The van der Waals surface area contributed by atoms with E-state index < -0.39 is 0 Å². The minimum atomic E-state index is 0.0204. The molecular weight excluding hydrogens is 284 g/mol. The van der Waals surface area contributed by atoms with Gasteiger partial charge in [-0.1, -0.05) is 44.2 Å². The second-order valence-corrected chi connectivity index (χ2v) is 6.67. The first-order chi connectivity index (χ1) is 10.8. The summed E-state index contributed by atoms with van der Waals surface area (Å²) in [6, 6.07) is 10.9. The van der Waals surface area contributed by atoms with E-state index >= 15 is 0 Å². The second kappa shape index (κ2) is 8.92. The van der Waals surface area contributed by atoms with Crippen LogP contribution in [0.5, 0.6) is 0 Å². The molecule has 1 unspecified atom stereocenters. The van der Waals surface area contributed by atoms with Crippen LogP contribution in [-0.2, 0) is 0 Å². The Balaban J connectivity index is 2.92. The van der Waals surface area contributed by atoms with Crippen LogP contribution in [0.2, 0.25) is 0 Å². The highest BCUT2D eigenvalue weighted by atomic mass is 15.3. The minimum Gasteiger partial charge on any atom is -0.349 e. The van der Waals surface area contributed by atoms with Crippen LogP contribution in [0.15, 0.2) is 35.3 Å². The van der Waals surface area contributed by atoms with E-state index in [2.05, 4.69) is 66.2 Å². The molecular formula is C19H34N4. The molecule has 1 N–H and O–H groups in total. The van der Waals surface area contributed by atoms with Crippen molar-refractivity contribution in [3.05, 3.63) is 35.9 Å². The number of hydrogen-bond donors (Lipinski definition) is 1. The molecule has 1 rings (SSSR count). The van der Waals surface area contributed by atoms with Gasteiger partial charge in [-0.15, -0.1) is 0 Å². The third-order valence-corrected chi connectivity index (χ3v) is 4.50. The Morgan fingerprint density at radius 2 is 1.57 bits per heavy atom.